The Labute approximate surface area is 102 Å². The Hall–Kier alpha value is -1.56. The van der Waals surface area contributed by atoms with Crippen molar-refractivity contribution in [3.05, 3.63) is 18.2 Å². The van der Waals surface area contributed by atoms with Gasteiger partial charge in [-0.1, -0.05) is 6.92 Å². The minimum Gasteiger partial charge on any atom is -0.423 e. The number of nitrogens with one attached hydrogen (secondary N) is 1. The Kier molecular flexibility index (Phi) is 3.63. The molecule has 1 unspecified atom stereocenters. The van der Waals surface area contributed by atoms with E-state index < -0.39 is 10.8 Å². The Balaban J connectivity index is 2.02. The summed E-state index contributed by atoms with van der Waals surface area (Å²) in [7, 11) is -0.774. The molecule has 3 N–H and O–H groups in total. The van der Waals surface area contributed by atoms with Gasteiger partial charge in [0.25, 0.3) is 6.01 Å². The summed E-state index contributed by atoms with van der Waals surface area (Å²) in [6.07, 6.45) is 0. The van der Waals surface area contributed by atoms with Crippen molar-refractivity contribution >= 4 is 33.6 Å². The Morgan fingerprint density at radius 2 is 2.35 bits per heavy atom. The normalized spacial score (nSPS) is 12.8. The van der Waals surface area contributed by atoms with Crippen LogP contribution < -0.4 is 11.1 Å². The standard InChI is InChI=1S/C11H15N3O2S/c1-2-17(15)6-5-13-11-14-9-4-3-8(12)7-10(9)16-11/h3-4,7H,2,5-6,12H2,1H3,(H,13,14). The van der Waals surface area contributed by atoms with Gasteiger partial charge in [0.1, 0.15) is 5.52 Å². The van der Waals surface area contributed by atoms with Crippen LogP contribution >= 0.6 is 0 Å². The molecule has 1 aromatic heterocycles. The van der Waals surface area contributed by atoms with Crippen LogP contribution in [0.2, 0.25) is 0 Å². The SMILES string of the molecule is CCS(=O)CCNc1nc2ccc(N)cc2o1. The maximum Gasteiger partial charge on any atom is 0.295 e. The fourth-order valence-electron chi connectivity index (χ4n) is 1.43. The largest absolute Gasteiger partial charge is 0.423 e. The van der Waals surface area contributed by atoms with E-state index in [0.717, 1.165) is 5.52 Å². The van der Waals surface area contributed by atoms with E-state index in [4.69, 9.17) is 10.2 Å². The first-order valence-corrected chi connectivity index (χ1v) is 6.92. The topological polar surface area (TPSA) is 81.2 Å². The van der Waals surface area contributed by atoms with Gasteiger partial charge in [0, 0.05) is 40.6 Å². The van der Waals surface area contributed by atoms with Gasteiger partial charge in [-0.3, -0.25) is 4.21 Å². The van der Waals surface area contributed by atoms with Crippen LogP contribution in [0.4, 0.5) is 11.7 Å². The van der Waals surface area contributed by atoms with Crippen molar-refractivity contribution in [3.8, 4) is 0 Å². The molecule has 5 nitrogen and oxygen atoms in total. The lowest BCUT2D eigenvalue weighted by Crippen LogP contribution is -2.11. The maximum atomic E-state index is 11.2. The molecule has 0 aliphatic carbocycles. The van der Waals surface area contributed by atoms with Crippen molar-refractivity contribution in [1.82, 2.24) is 4.98 Å². The molecular weight excluding hydrogens is 238 g/mol. The average Bonchev–Trinajstić information content (AvgIpc) is 2.70. The third-order valence-corrected chi connectivity index (χ3v) is 3.64. The van der Waals surface area contributed by atoms with Crippen molar-refractivity contribution in [2.75, 3.05) is 29.1 Å². The van der Waals surface area contributed by atoms with Gasteiger partial charge in [0.15, 0.2) is 5.58 Å². The number of hydrogen-bond donors (Lipinski definition) is 2. The number of aromatic nitrogens is 1. The molecule has 2 rings (SSSR count). The van der Waals surface area contributed by atoms with Gasteiger partial charge in [-0.15, -0.1) is 0 Å². The third kappa shape index (κ3) is 2.97. The van der Waals surface area contributed by atoms with Crippen LogP contribution in [0.15, 0.2) is 22.6 Å². The smallest absolute Gasteiger partial charge is 0.295 e. The molecule has 0 fully saturated rings. The maximum absolute atomic E-state index is 11.2. The van der Waals surface area contributed by atoms with Crippen molar-refractivity contribution in [1.29, 1.82) is 0 Å². The van der Waals surface area contributed by atoms with E-state index in [2.05, 4.69) is 10.3 Å². The van der Waals surface area contributed by atoms with Gasteiger partial charge in [0.05, 0.1) is 0 Å². The fourth-order valence-corrected chi connectivity index (χ4v) is 2.05. The van der Waals surface area contributed by atoms with Crippen LogP contribution in [0.3, 0.4) is 0 Å². The Morgan fingerprint density at radius 1 is 1.53 bits per heavy atom. The molecule has 0 radical (unpaired) electrons. The molecule has 2 aromatic rings. The highest BCUT2D eigenvalue weighted by atomic mass is 32.2. The zero-order valence-corrected chi connectivity index (χ0v) is 10.4. The summed E-state index contributed by atoms with van der Waals surface area (Å²) in [6.45, 7) is 2.49. The minimum atomic E-state index is -0.774. The van der Waals surface area contributed by atoms with E-state index in [1.54, 1.807) is 12.1 Å². The number of nitrogens with two attached hydrogens (primary N) is 1. The molecule has 0 aliphatic rings. The van der Waals surface area contributed by atoms with Crippen molar-refractivity contribution < 1.29 is 8.63 Å². The molecule has 0 aliphatic heterocycles. The fraction of sp³-hybridized carbons (Fsp3) is 0.364. The third-order valence-electron chi connectivity index (χ3n) is 2.34. The van der Waals surface area contributed by atoms with Crippen LogP contribution in [0.1, 0.15) is 6.92 Å². The summed E-state index contributed by atoms with van der Waals surface area (Å²) in [5.41, 5.74) is 7.71. The number of nitrogens with zero attached hydrogens (tertiary/aromatic N) is 1. The molecule has 0 saturated heterocycles. The second-order valence-corrected chi connectivity index (χ2v) is 5.47. The minimum absolute atomic E-state index is 0.443. The first-order valence-electron chi connectivity index (χ1n) is 5.44. The van der Waals surface area contributed by atoms with E-state index in [1.165, 1.54) is 0 Å². The zero-order chi connectivity index (χ0) is 12.3. The van der Waals surface area contributed by atoms with Crippen LogP contribution in [0.25, 0.3) is 11.1 Å². The lowest BCUT2D eigenvalue weighted by molar-refractivity contribution is 0.616. The average molecular weight is 253 g/mol. The first kappa shape index (κ1) is 11.9. The van der Waals surface area contributed by atoms with E-state index in [0.29, 0.717) is 35.3 Å². The van der Waals surface area contributed by atoms with Gasteiger partial charge in [-0.05, 0) is 12.1 Å². The molecule has 0 saturated carbocycles. The predicted molar refractivity (Wildman–Crippen MR) is 70.5 cm³/mol. The van der Waals surface area contributed by atoms with Gasteiger partial charge in [-0.25, -0.2) is 0 Å². The molecule has 17 heavy (non-hydrogen) atoms. The second kappa shape index (κ2) is 5.18. The molecular formula is C11H15N3O2S. The summed E-state index contributed by atoms with van der Waals surface area (Å²) >= 11 is 0. The summed E-state index contributed by atoms with van der Waals surface area (Å²) in [6, 6.07) is 5.76. The zero-order valence-electron chi connectivity index (χ0n) is 9.60. The van der Waals surface area contributed by atoms with E-state index in [-0.39, 0.29) is 0 Å². The van der Waals surface area contributed by atoms with E-state index >= 15 is 0 Å². The number of benzene rings is 1. The number of anilines is 2. The predicted octanol–water partition coefficient (Wildman–Crippen LogP) is 1.59. The Bertz CT molecular complexity index is 538. The van der Waals surface area contributed by atoms with E-state index in [1.807, 2.05) is 13.0 Å². The summed E-state index contributed by atoms with van der Waals surface area (Å²) in [5.74, 6) is 1.27. The van der Waals surface area contributed by atoms with Crippen molar-refractivity contribution in [3.63, 3.8) is 0 Å². The highest BCUT2D eigenvalue weighted by molar-refractivity contribution is 7.84. The molecule has 1 aromatic carbocycles. The van der Waals surface area contributed by atoms with Crippen LogP contribution in [0.5, 0.6) is 0 Å². The molecule has 0 bridgehead atoms. The molecule has 0 amide bonds. The van der Waals surface area contributed by atoms with Crippen LogP contribution in [0, 0.1) is 0 Å². The van der Waals surface area contributed by atoms with Gasteiger partial charge >= 0.3 is 0 Å². The van der Waals surface area contributed by atoms with Crippen molar-refractivity contribution in [2.24, 2.45) is 0 Å². The molecule has 6 heteroatoms. The van der Waals surface area contributed by atoms with Crippen LogP contribution in [-0.4, -0.2) is 27.2 Å². The molecule has 92 valence electrons. The van der Waals surface area contributed by atoms with Crippen LogP contribution in [-0.2, 0) is 10.8 Å². The summed E-state index contributed by atoms with van der Waals surface area (Å²) < 4.78 is 16.7. The lowest BCUT2D eigenvalue weighted by Gasteiger charge is -1.99. The summed E-state index contributed by atoms with van der Waals surface area (Å²) in [5, 5.41) is 3.01. The first-order chi connectivity index (χ1) is 8.19. The molecule has 1 atom stereocenters. The number of rotatable bonds is 5. The number of fused-ring (bicyclic) bond motifs is 1. The molecule has 1 heterocycles. The highest BCUT2D eigenvalue weighted by Gasteiger charge is 2.05. The lowest BCUT2D eigenvalue weighted by atomic mass is 10.3. The van der Waals surface area contributed by atoms with Gasteiger partial charge in [0.2, 0.25) is 0 Å². The number of oxazole rings is 1. The summed E-state index contributed by atoms with van der Waals surface area (Å²) in [4.78, 5) is 4.24. The number of nitrogen functional groups attached to an aromatic ring is 1. The quantitative estimate of drug-likeness (QED) is 0.791. The Morgan fingerprint density at radius 3 is 3.12 bits per heavy atom. The monoisotopic (exact) mass is 253 g/mol. The van der Waals surface area contributed by atoms with Gasteiger partial charge < -0.3 is 15.5 Å². The van der Waals surface area contributed by atoms with Gasteiger partial charge in [-0.2, -0.15) is 4.98 Å². The second-order valence-electron chi connectivity index (χ2n) is 3.61. The number of hydrogen-bond acceptors (Lipinski definition) is 5. The highest BCUT2D eigenvalue weighted by Crippen LogP contribution is 2.20. The van der Waals surface area contributed by atoms with E-state index in [9.17, 15) is 4.21 Å². The molecule has 0 spiro atoms. The van der Waals surface area contributed by atoms with Crippen molar-refractivity contribution in [2.45, 2.75) is 6.92 Å².